The van der Waals surface area contributed by atoms with Gasteiger partial charge in [-0.1, -0.05) is 12.1 Å². The van der Waals surface area contributed by atoms with Crippen LogP contribution in [-0.4, -0.2) is 228 Å². The number of amides is 1. The van der Waals surface area contributed by atoms with Crippen LogP contribution >= 0.6 is 0 Å². The fraction of sp³-hybridized carbons (Fsp3) is 0.583. The van der Waals surface area contributed by atoms with Crippen LogP contribution in [0.25, 0.3) is 5.57 Å². The molecule has 4 fully saturated rings. The first-order valence-electron chi connectivity index (χ1n) is 23.9. The lowest BCUT2D eigenvalue weighted by molar-refractivity contribution is -0.306. The van der Waals surface area contributed by atoms with E-state index in [0.717, 1.165) is 17.0 Å². The van der Waals surface area contributed by atoms with Crippen molar-refractivity contribution in [3.8, 4) is 5.75 Å². The normalized spacial score (nSPS) is 38.2. The lowest BCUT2D eigenvalue weighted by Crippen LogP contribution is -2.68. The summed E-state index contributed by atoms with van der Waals surface area (Å²) in [7, 11) is 7.60. The Bertz CT molecular complexity index is 2430. The predicted molar refractivity (Wildman–Crippen MR) is 257 cm³/mol. The third-order valence-electron chi connectivity index (χ3n) is 14.3. The molecule has 25 heteroatoms. The fourth-order valence-electron chi connectivity index (χ4n) is 9.97. The van der Waals surface area contributed by atoms with Gasteiger partial charge in [-0.15, -0.1) is 0 Å². The van der Waals surface area contributed by atoms with Gasteiger partial charge >= 0.3 is 5.97 Å². The smallest absolute Gasteiger partial charge is 0.336 e. The zero-order chi connectivity index (χ0) is 52.9. The molecular formula is C48H68N8O17. The molecule has 4 aliphatic heterocycles. The van der Waals surface area contributed by atoms with Crippen LogP contribution in [0, 0.1) is 0 Å². The van der Waals surface area contributed by atoms with Crippen molar-refractivity contribution in [2.75, 3.05) is 52.8 Å². The molecule has 0 radical (unpaired) electrons. The molecular weight excluding hydrogens is 961 g/mol. The lowest BCUT2D eigenvalue weighted by atomic mass is 9.83. The standard InChI is InChI=1S/C48H68N8O17/c1-55(2)19-6-9-22-27(12-19)67-28-13-20(56(3)4)7-10-23(28)32(22)21-8-5-18(11-24(21)45(65)66)44(64)54-16-30-37(60)39(62)34(53)47(69-30)72-42-31(17-57)70-48(40(42)63)73-43-35(58)25(50)14-26(51)41(43)71-46-33(52)38(61)36(59)29(15-49)68-46/h5-13,25-27,29-31,33-43,46-48,57-63H,14-17,49-53H2,1-4H3,(H,54,64)(H,65,66)/t25-,26+,27?,29-,30+,31-,33-,34-,35+,36-,37-,38-,39-,40-,41-,42-,43-,46-,47-,48+/m1/s1. The summed E-state index contributed by atoms with van der Waals surface area (Å²) in [5, 5.41) is 89.6. The van der Waals surface area contributed by atoms with Crippen molar-refractivity contribution in [1.82, 2.24) is 10.2 Å². The van der Waals surface area contributed by atoms with E-state index < -0.39 is 147 Å². The zero-order valence-electron chi connectivity index (χ0n) is 40.6. The quantitative estimate of drug-likeness (QED) is 0.0794. The highest BCUT2D eigenvalue weighted by atomic mass is 16.8. The van der Waals surface area contributed by atoms with Crippen molar-refractivity contribution >= 4 is 23.1 Å². The molecule has 20 atom stereocenters. The molecule has 1 unspecified atom stereocenters. The Labute approximate surface area is 420 Å². The molecule has 2 aromatic rings. The number of nitrogens with two attached hydrogens (primary N) is 5. The minimum Gasteiger partial charge on any atom is -0.481 e. The Hall–Kier alpha value is -4.72. The number of carbonyl (C=O) groups excluding carboxylic acids is 1. The molecule has 4 heterocycles. The van der Waals surface area contributed by atoms with Gasteiger partial charge in [-0.3, -0.25) is 4.79 Å². The van der Waals surface area contributed by atoms with E-state index in [1.54, 1.807) is 6.07 Å². The first-order valence-corrected chi connectivity index (χ1v) is 23.9. The van der Waals surface area contributed by atoms with Crippen molar-refractivity contribution in [1.29, 1.82) is 0 Å². The van der Waals surface area contributed by atoms with Crippen LogP contribution in [0.2, 0.25) is 0 Å². The number of aliphatic hydroxyl groups is 7. The number of carboxylic acids is 1. The summed E-state index contributed by atoms with van der Waals surface area (Å²) in [6.45, 7) is -1.41. The van der Waals surface area contributed by atoms with Crippen molar-refractivity contribution in [2.45, 2.75) is 129 Å². The molecule has 0 aromatic heterocycles. The monoisotopic (exact) mass is 1030 g/mol. The molecule has 25 nitrogen and oxygen atoms in total. The molecule has 0 bridgehead atoms. The number of allylic oxidation sites excluding steroid dienone is 1. The first-order chi connectivity index (χ1) is 34.6. The summed E-state index contributed by atoms with van der Waals surface area (Å²) in [6, 6.07) is 5.27. The molecule has 6 aliphatic rings. The number of aliphatic hydroxyl groups excluding tert-OH is 7. The highest BCUT2D eigenvalue weighted by Crippen LogP contribution is 2.45. The van der Waals surface area contributed by atoms with Gasteiger partial charge in [-0.05, 0) is 48.4 Å². The van der Waals surface area contributed by atoms with Crippen molar-refractivity contribution < 1.29 is 83.6 Å². The third-order valence-corrected chi connectivity index (χ3v) is 14.3. The summed E-state index contributed by atoms with van der Waals surface area (Å²) in [5.74, 6) is -1.51. The second-order valence-corrected chi connectivity index (χ2v) is 19.5. The zero-order valence-corrected chi connectivity index (χ0v) is 40.6. The van der Waals surface area contributed by atoms with Crippen LogP contribution in [-0.2, 0) is 28.4 Å². The van der Waals surface area contributed by atoms with E-state index in [1.807, 2.05) is 74.4 Å². The van der Waals surface area contributed by atoms with Gasteiger partial charge in [-0.25, -0.2) is 4.79 Å². The highest BCUT2D eigenvalue weighted by molar-refractivity contribution is 6.03. The molecule has 2 aliphatic carbocycles. The second-order valence-electron chi connectivity index (χ2n) is 19.5. The SMILES string of the molecule is CN(C)C1=CC2Oc3cc(N(C)C)ccc3C(c3ccc(C(=O)NC[C@@H]4O[C@H](O[C@H]5[C@@H](O)[C@H](O[C@@H]6[C@@H](O)[C@H](N)C[C@H](N)[C@H]6O[C@H]6O[C@H](CN)[C@@H](O)[C@H](O)[C@H]6N)O[C@@H]5CO)[C@H](N)[C@@H](O)[C@@H]4O)cc3C(=O)O)=C2C=C1. The van der Waals surface area contributed by atoms with Crippen molar-refractivity contribution in [2.24, 2.45) is 28.7 Å². The van der Waals surface area contributed by atoms with Crippen LogP contribution < -0.4 is 43.6 Å². The molecule has 1 amide bonds. The number of nitrogens with zero attached hydrogens (tertiary/aromatic N) is 2. The number of carboxylic acid groups (broad SMARTS) is 1. The molecule has 19 N–H and O–H groups in total. The largest absolute Gasteiger partial charge is 0.481 e. The maximum absolute atomic E-state index is 13.8. The summed E-state index contributed by atoms with van der Waals surface area (Å²) in [4.78, 5) is 30.7. The number of benzene rings is 2. The topological polar surface area (TPSA) is 409 Å². The van der Waals surface area contributed by atoms with E-state index in [0.29, 0.717) is 22.4 Å². The molecule has 73 heavy (non-hydrogen) atoms. The number of rotatable bonds is 15. The van der Waals surface area contributed by atoms with Crippen LogP contribution in [0.1, 0.15) is 38.3 Å². The molecule has 1 saturated carbocycles. The summed E-state index contributed by atoms with van der Waals surface area (Å²) in [5.41, 5.74) is 34.6. The van der Waals surface area contributed by atoms with E-state index in [4.69, 9.17) is 61.8 Å². The van der Waals surface area contributed by atoms with E-state index >= 15 is 0 Å². The lowest BCUT2D eigenvalue weighted by Gasteiger charge is -2.47. The van der Waals surface area contributed by atoms with Crippen LogP contribution in [0.15, 0.2) is 65.9 Å². The number of nitrogens with one attached hydrogen (secondary N) is 1. The molecule has 3 saturated heterocycles. The number of hydrogen-bond donors (Lipinski definition) is 14. The maximum atomic E-state index is 13.8. The second kappa shape index (κ2) is 22.2. The van der Waals surface area contributed by atoms with Gasteiger partial charge in [0.25, 0.3) is 5.91 Å². The Balaban J connectivity index is 0.965. The summed E-state index contributed by atoms with van der Waals surface area (Å²) in [6.07, 6.45) is -17.0. The van der Waals surface area contributed by atoms with Gasteiger partial charge in [0.2, 0.25) is 0 Å². The molecule has 2 aromatic carbocycles. The molecule has 402 valence electrons. The highest BCUT2D eigenvalue weighted by Gasteiger charge is 2.54. The number of aromatic carboxylic acids is 1. The average molecular weight is 1030 g/mol. The molecule has 0 spiro atoms. The van der Waals surface area contributed by atoms with Crippen molar-refractivity contribution in [3.05, 3.63) is 88.2 Å². The van der Waals surface area contributed by atoms with Gasteiger partial charge in [0.15, 0.2) is 18.9 Å². The Kier molecular flexibility index (Phi) is 16.6. The Morgan fingerprint density at radius 3 is 1.95 bits per heavy atom. The average Bonchev–Trinajstić information content (AvgIpc) is 3.66. The minimum absolute atomic E-state index is 0.0263. The summed E-state index contributed by atoms with van der Waals surface area (Å²) >= 11 is 0. The van der Waals surface area contributed by atoms with E-state index in [9.17, 15) is 50.4 Å². The predicted octanol–water partition coefficient (Wildman–Crippen LogP) is -5.08. The van der Waals surface area contributed by atoms with Crippen LogP contribution in [0.4, 0.5) is 5.69 Å². The number of ether oxygens (including phenoxy) is 7. The van der Waals surface area contributed by atoms with Gasteiger partial charge in [0, 0.05) is 93.1 Å². The van der Waals surface area contributed by atoms with Crippen LogP contribution in [0.5, 0.6) is 5.75 Å². The number of likely N-dealkylation sites (N-methyl/N-ethyl adjacent to an activating group) is 1. The number of anilines is 1. The Morgan fingerprint density at radius 2 is 1.32 bits per heavy atom. The van der Waals surface area contributed by atoms with E-state index in [2.05, 4.69) is 5.32 Å². The fourth-order valence-corrected chi connectivity index (χ4v) is 9.97. The Morgan fingerprint density at radius 1 is 0.699 bits per heavy atom. The number of fused-ring (bicyclic) bond motifs is 2. The third kappa shape index (κ3) is 10.8. The van der Waals surface area contributed by atoms with E-state index in [1.165, 1.54) is 12.1 Å². The first kappa shape index (κ1) is 54.5. The van der Waals surface area contributed by atoms with Crippen LogP contribution in [0.3, 0.4) is 0 Å². The van der Waals surface area contributed by atoms with Crippen molar-refractivity contribution in [3.63, 3.8) is 0 Å². The van der Waals surface area contributed by atoms with Gasteiger partial charge in [-0.2, -0.15) is 0 Å². The van der Waals surface area contributed by atoms with E-state index in [-0.39, 0.29) is 24.1 Å². The molecule has 8 rings (SSSR count). The van der Waals surface area contributed by atoms with Gasteiger partial charge < -0.3 is 118 Å². The number of hydrogen-bond acceptors (Lipinski definition) is 23. The minimum atomic E-state index is -1.76. The van der Waals surface area contributed by atoms with Gasteiger partial charge in [0.05, 0.1) is 30.4 Å². The number of carbonyl (C=O) groups is 2. The maximum Gasteiger partial charge on any atom is 0.336 e. The summed E-state index contributed by atoms with van der Waals surface area (Å²) < 4.78 is 42.2. The van der Waals surface area contributed by atoms with Gasteiger partial charge in [0.1, 0.15) is 79.0 Å².